The lowest BCUT2D eigenvalue weighted by atomic mass is 10.0. The molecule has 0 aromatic heterocycles. The van der Waals surface area contributed by atoms with E-state index in [0.717, 1.165) is 0 Å². The first-order valence-corrected chi connectivity index (χ1v) is 9.58. The maximum atomic E-state index is 13.3. The Morgan fingerprint density at radius 2 is 1.93 bits per heavy atom. The van der Waals surface area contributed by atoms with Crippen molar-refractivity contribution in [2.24, 2.45) is 0 Å². The van der Waals surface area contributed by atoms with E-state index in [-0.39, 0.29) is 22.5 Å². The summed E-state index contributed by atoms with van der Waals surface area (Å²) in [6.45, 7) is 3.42. The lowest BCUT2D eigenvalue weighted by Gasteiger charge is -2.33. The molecule has 150 valence electrons. The standard InChI is InChI=1S/C20H18BrN3O5/c1-3-29-19(26)20(2)17(21)16(18(25)23(20)14-9-5-4-6-10-14)22-13-8-7-11-15(12-13)24(27)28/h4-12,22H,3H2,1-2H3/t20-/m0/s1. The fraction of sp³-hybridized carbons (Fsp3) is 0.200. The van der Waals surface area contributed by atoms with Gasteiger partial charge in [0.1, 0.15) is 5.70 Å². The van der Waals surface area contributed by atoms with E-state index in [4.69, 9.17) is 4.74 Å². The van der Waals surface area contributed by atoms with E-state index < -0.39 is 22.3 Å². The molecule has 9 heteroatoms. The second-order valence-electron chi connectivity index (χ2n) is 6.39. The smallest absolute Gasteiger partial charge is 0.337 e. The number of carbonyl (C=O) groups excluding carboxylic acids is 2. The number of benzene rings is 2. The molecule has 1 aliphatic rings. The number of amides is 1. The average molecular weight is 460 g/mol. The van der Waals surface area contributed by atoms with Gasteiger partial charge in [-0.25, -0.2) is 4.79 Å². The van der Waals surface area contributed by atoms with E-state index >= 15 is 0 Å². The Morgan fingerprint density at radius 3 is 2.55 bits per heavy atom. The zero-order valence-electron chi connectivity index (χ0n) is 15.7. The number of halogens is 1. The molecule has 29 heavy (non-hydrogen) atoms. The van der Waals surface area contributed by atoms with E-state index in [2.05, 4.69) is 21.2 Å². The van der Waals surface area contributed by atoms with Gasteiger partial charge >= 0.3 is 5.97 Å². The summed E-state index contributed by atoms with van der Waals surface area (Å²) < 4.78 is 5.52. The molecular weight excluding hydrogens is 442 g/mol. The zero-order valence-corrected chi connectivity index (χ0v) is 17.3. The lowest BCUT2D eigenvalue weighted by Crippen LogP contribution is -2.52. The van der Waals surface area contributed by atoms with Gasteiger partial charge in [0.25, 0.3) is 11.6 Å². The molecule has 0 bridgehead atoms. The molecule has 2 aromatic carbocycles. The third kappa shape index (κ3) is 3.61. The summed E-state index contributed by atoms with van der Waals surface area (Å²) in [6.07, 6.45) is 0. The van der Waals surface area contributed by atoms with E-state index in [1.54, 1.807) is 50.2 Å². The summed E-state index contributed by atoms with van der Waals surface area (Å²) in [4.78, 5) is 38.0. The molecule has 0 radical (unpaired) electrons. The molecule has 1 heterocycles. The summed E-state index contributed by atoms with van der Waals surface area (Å²) in [6, 6.07) is 14.5. The van der Waals surface area contributed by atoms with Crippen molar-refractivity contribution >= 4 is 44.9 Å². The number of anilines is 2. The summed E-state index contributed by atoms with van der Waals surface area (Å²) in [5.41, 5.74) is -0.589. The molecule has 0 spiro atoms. The fourth-order valence-corrected chi connectivity index (χ4v) is 3.71. The largest absolute Gasteiger partial charge is 0.464 e. The molecule has 0 saturated heterocycles. The van der Waals surface area contributed by atoms with Crippen LogP contribution in [0.4, 0.5) is 17.1 Å². The number of para-hydroxylation sites is 1. The van der Waals surface area contributed by atoms with Gasteiger partial charge in [-0.15, -0.1) is 0 Å². The van der Waals surface area contributed by atoms with Crippen molar-refractivity contribution in [2.75, 3.05) is 16.8 Å². The van der Waals surface area contributed by atoms with Crippen LogP contribution in [0.15, 0.2) is 64.8 Å². The van der Waals surface area contributed by atoms with Crippen molar-refractivity contribution in [3.05, 3.63) is 74.9 Å². The third-order valence-corrected chi connectivity index (χ3v) is 5.69. The fourth-order valence-electron chi connectivity index (χ4n) is 3.11. The molecule has 3 rings (SSSR count). The molecular formula is C20H18BrN3O5. The summed E-state index contributed by atoms with van der Waals surface area (Å²) in [5, 5.41) is 14.0. The number of nitro benzene ring substituents is 1. The van der Waals surface area contributed by atoms with E-state index in [0.29, 0.717) is 11.4 Å². The molecule has 1 atom stereocenters. The topological polar surface area (TPSA) is 102 Å². The average Bonchev–Trinajstić information content (AvgIpc) is 2.90. The molecule has 2 aromatic rings. The van der Waals surface area contributed by atoms with E-state index in [9.17, 15) is 19.7 Å². The highest BCUT2D eigenvalue weighted by Crippen LogP contribution is 2.43. The summed E-state index contributed by atoms with van der Waals surface area (Å²) >= 11 is 3.40. The van der Waals surface area contributed by atoms with Gasteiger partial charge in [0.2, 0.25) is 0 Å². The van der Waals surface area contributed by atoms with Crippen LogP contribution in [-0.2, 0) is 14.3 Å². The van der Waals surface area contributed by atoms with Gasteiger partial charge in [-0.1, -0.05) is 24.3 Å². The second-order valence-corrected chi connectivity index (χ2v) is 7.18. The van der Waals surface area contributed by atoms with Crippen molar-refractivity contribution in [1.29, 1.82) is 0 Å². The monoisotopic (exact) mass is 459 g/mol. The first-order valence-electron chi connectivity index (χ1n) is 8.79. The van der Waals surface area contributed by atoms with Crippen LogP contribution >= 0.6 is 15.9 Å². The van der Waals surface area contributed by atoms with Crippen LogP contribution in [0.1, 0.15) is 13.8 Å². The highest BCUT2D eigenvalue weighted by atomic mass is 79.9. The predicted octanol–water partition coefficient (Wildman–Crippen LogP) is 3.98. The van der Waals surface area contributed by atoms with Gasteiger partial charge in [0, 0.05) is 23.5 Å². The minimum Gasteiger partial charge on any atom is -0.464 e. The van der Waals surface area contributed by atoms with Crippen molar-refractivity contribution in [1.82, 2.24) is 0 Å². The Balaban J connectivity index is 2.08. The van der Waals surface area contributed by atoms with Gasteiger partial charge < -0.3 is 10.1 Å². The van der Waals surface area contributed by atoms with Crippen molar-refractivity contribution in [2.45, 2.75) is 19.4 Å². The van der Waals surface area contributed by atoms with Crippen molar-refractivity contribution in [3.8, 4) is 0 Å². The van der Waals surface area contributed by atoms with Crippen LogP contribution in [0.25, 0.3) is 0 Å². The molecule has 1 aliphatic heterocycles. The molecule has 0 fully saturated rings. The number of nitro groups is 1. The van der Waals surface area contributed by atoms with Crippen LogP contribution in [0.5, 0.6) is 0 Å². The van der Waals surface area contributed by atoms with Gasteiger partial charge in [-0.2, -0.15) is 0 Å². The number of non-ortho nitro benzene ring substituents is 1. The van der Waals surface area contributed by atoms with Crippen molar-refractivity contribution < 1.29 is 19.2 Å². The Labute approximate surface area is 175 Å². The number of carbonyl (C=O) groups is 2. The Morgan fingerprint density at radius 1 is 1.24 bits per heavy atom. The van der Waals surface area contributed by atoms with E-state index in [1.165, 1.54) is 23.1 Å². The SMILES string of the molecule is CCOC(=O)[C@]1(C)C(Br)=C(Nc2cccc([N+](=O)[O-])c2)C(=O)N1c1ccccc1. The Hall–Kier alpha value is -3.20. The van der Waals surface area contributed by atoms with Crippen LogP contribution in [0, 0.1) is 10.1 Å². The Bertz CT molecular complexity index is 1010. The minimum absolute atomic E-state index is 0.102. The van der Waals surface area contributed by atoms with Crippen molar-refractivity contribution in [3.63, 3.8) is 0 Å². The summed E-state index contributed by atoms with van der Waals surface area (Å²) in [5.74, 6) is -1.06. The van der Waals surface area contributed by atoms with Gasteiger partial charge in [0.05, 0.1) is 16.0 Å². The number of hydrogen-bond donors (Lipinski definition) is 1. The van der Waals surface area contributed by atoms with Gasteiger partial charge in [0.15, 0.2) is 5.54 Å². The first kappa shape index (κ1) is 20.5. The molecule has 1 N–H and O–H groups in total. The second kappa shape index (κ2) is 8.04. The number of ether oxygens (including phenoxy) is 1. The highest BCUT2D eigenvalue weighted by Gasteiger charge is 2.54. The summed E-state index contributed by atoms with van der Waals surface area (Å²) in [7, 11) is 0. The van der Waals surface area contributed by atoms with E-state index in [1.807, 2.05) is 0 Å². The molecule has 0 unspecified atom stereocenters. The maximum Gasteiger partial charge on any atom is 0.337 e. The molecule has 8 nitrogen and oxygen atoms in total. The van der Waals surface area contributed by atoms with Crippen LogP contribution in [0.2, 0.25) is 0 Å². The van der Waals surface area contributed by atoms with Crippen LogP contribution in [-0.4, -0.2) is 28.9 Å². The number of hydrogen-bond acceptors (Lipinski definition) is 6. The molecule has 0 aliphatic carbocycles. The zero-order chi connectivity index (χ0) is 21.2. The molecule has 1 amide bonds. The number of nitrogens with one attached hydrogen (secondary N) is 1. The third-order valence-electron chi connectivity index (χ3n) is 4.52. The molecule has 0 saturated carbocycles. The normalized spacial score (nSPS) is 18.7. The highest BCUT2D eigenvalue weighted by molar-refractivity contribution is 9.11. The van der Waals surface area contributed by atoms with Gasteiger partial charge in [-0.3, -0.25) is 19.8 Å². The van der Waals surface area contributed by atoms with Gasteiger partial charge in [-0.05, 0) is 48.0 Å². The lowest BCUT2D eigenvalue weighted by molar-refractivity contribution is -0.384. The number of esters is 1. The number of rotatable bonds is 6. The number of nitrogens with zero attached hydrogens (tertiary/aromatic N) is 2. The minimum atomic E-state index is -1.43. The maximum absolute atomic E-state index is 13.3. The predicted molar refractivity (Wildman–Crippen MR) is 112 cm³/mol. The quantitative estimate of drug-likeness (QED) is 0.398. The van der Waals surface area contributed by atoms with Crippen LogP contribution < -0.4 is 10.2 Å². The van der Waals surface area contributed by atoms with Crippen LogP contribution in [0.3, 0.4) is 0 Å². The first-order chi connectivity index (χ1) is 13.8. The Kier molecular flexibility index (Phi) is 5.69.